The van der Waals surface area contributed by atoms with Gasteiger partial charge in [-0.15, -0.1) is 0 Å². The molecular formula is C9H13F2N3O. The van der Waals surface area contributed by atoms with Crippen LogP contribution in [0.4, 0.5) is 20.4 Å². The Bertz CT molecular complexity index is 333. The van der Waals surface area contributed by atoms with Crippen LogP contribution in [0.2, 0.25) is 0 Å². The van der Waals surface area contributed by atoms with E-state index in [0.717, 1.165) is 0 Å². The summed E-state index contributed by atoms with van der Waals surface area (Å²) in [5.41, 5.74) is 5.19. The van der Waals surface area contributed by atoms with Crippen LogP contribution in [0.1, 0.15) is 12.8 Å². The molecule has 6 heteroatoms. The number of halogens is 2. The number of rotatable bonds is 5. The summed E-state index contributed by atoms with van der Waals surface area (Å²) in [6.07, 6.45) is 1.29. The quantitative estimate of drug-likeness (QED) is 0.646. The molecule has 4 N–H and O–H groups in total. The third-order valence-corrected chi connectivity index (χ3v) is 1.83. The normalized spacial score (nSPS) is 10.3. The number of aromatic nitrogens is 1. The summed E-state index contributed by atoms with van der Waals surface area (Å²) in [5.74, 6) is -2.04. The predicted molar refractivity (Wildman–Crippen MR) is 53.4 cm³/mol. The summed E-state index contributed by atoms with van der Waals surface area (Å²) < 4.78 is 25.8. The molecule has 84 valence electrons. The lowest BCUT2D eigenvalue weighted by molar-refractivity contribution is 0.286. The largest absolute Gasteiger partial charge is 0.396 e. The number of unbranched alkanes of at least 4 members (excludes halogenated alkanes) is 1. The van der Waals surface area contributed by atoms with E-state index in [1.165, 1.54) is 0 Å². The second-order valence-corrected chi connectivity index (χ2v) is 3.04. The van der Waals surface area contributed by atoms with Crippen LogP contribution in [0.25, 0.3) is 0 Å². The van der Waals surface area contributed by atoms with Gasteiger partial charge in [0.25, 0.3) is 0 Å². The maximum absolute atomic E-state index is 13.1. The number of anilines is 2. The van der Waals surface area contributed by atoms with Gasteiger partial charge in [-0.3, -0.25) is 0 Å². The number of aliphatic hydroxyl groups is 1. The number of hydrogen-bond donors (Lipinski definition) is 3. The van der Waals surface area contributed by atoms with E-state index in [1.807, 2.05) is 0 Å². The Kier molecular flexibility index (Phi) is 4.23. The van der Waals surface area contributed by atoms with Gasteiger partial charge in [-0.05, 0) is 12.8 Å². The van der Waals surface area contributed by atoms with E-state index < -0.39 is 11.6 Å². The number of nitrogens with two attached hydrogens (primary N) is 1. The zero-order chi connectivity index (χ0) is 11.3. The van der Waals surface area contributed by atoms with Crippen LogP contribution in [0, 0.1) is 11.6 Å². The van der Waals surface area contributed by atoms with E-state index in [2.05, 4.69) is 10.3 Å². The highest BCUT2D eigenvalue weighted by molar-refractivity contribution is 5.44. The van der Waals surface area contributed by atoms with E-state index >= 15 is 0 Å². The molecule has 0 fully saturated rings. The summed E-state index contributed by atoms with van der Waals surface area (Å²) >= 11 is 0. The van der Waals surface area contributed by atoms with E-state index in [9.17, 15) is 8.78 Å². The van der Waals surface area contributed by atoms with Gasteiger partial charge in [0, 0.05) is 19.2 Å². The molecule has 1 aromatic heterocycles. The summed E-state index contributed by atoms with van der Waals surface area (Å²) in [7, 11) is 0. The summed E-state index contributed by atoms with van der Waals surface area (Å²) in [6, 6.07) is 0.691. The minimum absolute atomic E-state index is 0.0631. The lowest BCUT2D eigenvalue weighted by atomic mass is 10.3. The van der Waals surface area contributed by atoms with Crippen molar-refractivity contribution in [1.82, 2.24) is 4.98 Å². The lowest BCUT2D eigenvalue weighted by Gasteiger charge is -2.07. The zero-order valence-corrected chi connectivity index (χ0v) is 8.13. The number of nitrogens with zero attached hydrogens (tertiary/aromatic N) is 1. The molecule has 0 amide bonds. The molecule has 0 aromatic carbocycles. The van der Waals surface area contributed by atoms with Crippen LogP contribution >= 0.6 is 0 Å². The maximum atomic E-state index is 13.1. The van der Waals surface area contributed by atoms with E-state index in [4.69, 9.17) is 10.8 Å². The molecule has 0 saturated heterocycles. The molecule has 1 heterocycles. The van der Waals surface area contributed by atoms with E-state index in [-0.39, 0.29) is 18.2 Å². The number of hydrogen-bond acceptors (Lipinski definition) is 4. The molecule has 0 aliphatic carbocycles. The Labute approximate surface area is 86.1 Å². The molecule has 1 rings (SSSR count). The van der Waals surface area contributed by atoms with Gasteiger partial charge >= 0.3 is 0 Å². The summed E-state index contributed by atoms with van der Waals surface area (Å²) in [4.78, 5) is 3.52. The van der Waals surface area contributed by atoms with Crippen molar-refractivity contribution in [1.29, 1.82) is 0 Å². The van der Waals surface area contributed by atoms with E-state index in [1.54, 1.807) is 0 Å². The van der Waals surface area contributed by atoms with Crippen LogP contribution in [-0.4, -0.2) is 23.2 Å². The van der Waals surface area contributed by atoms with Crippen LogP contribution in [0.5, 0.6) is 0 Å². The van der Waals surface area contributed by atoms with Crippen molar-refractivity contribution in [3.05, 3.63) is 17.7 Å². The highest BCUT2D eigenvalue weighted by atomic mass is 19.1. The van der Waals surface area contributed by atoms with Crippen molar-refractivity contribution >= 4 is 11.6 Å². The van der Waals surface area contributed by atoms with Gasteiger partial charge in [-0.2, -0.15) is 0 Å². The second-order valence-electron chi connectivity index (χ2n) is 3.04. The first-order chi connectivity index (χ1) is 7.15. The minimum Gasteiger partial charge on any atom is -0.396 e. The smallest absolute Gasteiger partial charge is 0.168 e. The minimum atomic E-state index is -0.867. The molecule has 0 saturated carbocycles. The fraction of sp³-hybridized carbons (Fsp3) is 0.444. The average Bonchev–Trinajstić information content (AvgIpc) is 2.20. The molecule has 0 radical (unpaired) electrons. The van der Waals surface area contributed by atoms with Gasteiger partial charge in [0.05, 0.1) is 0 Å². The number of aliphatic hydroxyl groups excluding tert-OH is 1. The average molecular weight is 217 g/mol. The topological polar surface area (TPSA) is 71.2 Å². The Morgan fingerprint density at radius 1 is 1.33 bits per heavy atom. The van der Waals surface area contributed by atoms with Crippen molar-refractivity contribution in [3.8, 4) is 0 Å². The molecule has 15 heavy (non-hydrogen) atoms. The third-order valence-electron chi connectivity index (χ3n) is 1.83. The van der Waals surface area contributed by atoms with Gasteiger partial charge in [-0.1, -0.05) is 0 Å². The van der Waals surface area contributed by atoms with Gasteiger partial charge in [0.1, 0.15) is 0 Å². The first kappa shape index (κ1) is 11.6. The predicted octanol–water partition coefficient (Wildman–Crippen LogP) is 1.13. The molecule has 0 unspecified atom stereocenters. The molecule has 1 aromatic rings. The molecule has 0 bridgehead atoms. The first-order valence-corrected chi connectivity index (χ1v) is 4.61. The Balaban J connectivity index is 2.57. The Morgan fingerprint density at radius 2 is 2.07 bits per heavy atom. The number of nitrogen functional groups attached to an aromatic ring is 1. The fourth-order valence-corrected chi connectivity index (χ4v) is 1.05. The molecule has 0 atom stereocenters. The van der Waals surface area contributed by atoms with E-state index in [0.29, 0.717) is 25.5 Å². The molecule has 4 nitrogen and oxygen atoms in total. The van der Waals surface area contributed by atoms with Crippen molar-refractivity contribution in [3.63, 3.8) is 0 Å². The molecular weight excluding hydrogens is 204 g/mol. The third kappa shape index (κ3) is 3.32. The van der Waals surface area contributed by atoms with Crippen LogP contribution in [0.3, 0.4) is 0 Å². The molecule has 0 aliphatic heterocycles. The summed E-state index contributed by atoms with van der Waals surface area (Å²) in [6.45, 7) is 0.540. The molecule has 0 spiro atoms. The van der Waals surface area contributed by atoms with Crippen molar-refractivity contribution < 1.29 is 13.9 Å². The highest BCUT2D eigenvalue weighted by Crippen LogP contribution is 2.16. The zero-order valence-electron chi connectivity index (χ0n) is 8.13. The Morgan fingerprint density at radius 3 is 2.73 bits per heavy atom. The fourth-order valence-electron chi connectivity index (χ4n) is 1.05. The van der Waals surface area contributed by atoms with Crippen molar-refractivity contribution in [2.45, 2.75) is 12.8 Å². The highest BCUT2D eigenvalue weighted by Gasteiger charge is 2.08. The van der Waals surface area contributed by atoms with Gasteiger partial charge in [0.15, 0.2) is 23.3 Å². The maximum Gasteiger partial charge on any atom is 0.168 e. The van der Waals surface area contributed by atoms with Gasteiger partial charge in [0.2, 0.25) is 0 Å². The lowest BCUT2D eigenvalue weighted by Crippen LogP contribution is -2.08. The monoisotopic (exact) mass is 217 g/mol. The SMILES string of the molecule is Nc1nc(NCCCCO)c(F)cc1F. The first-order valence-electron chi connectivity index (χ1n) is 4.61. The number of pyridine rings is 1. The van der Waals surface area contributed by atoms with Gasteiger partial charge in [-0.25, -0.2) is 13.8 Å². The second kappa shape index (κ2) is 5.45. The van der Waals surface area contributed by atoms with Crippen molar-refractivity contribution in [2.75, 3.05) is 24.2 Å². The van der Waals surface area contributed by atoms with Crippen LogP contribution < -0.4 is 11.1 Å². The van der Waals surface area contributed by atoms with Crippen LogP contribution in [0.15, 0.2) is 6.07 Å². The van der Waals surface area contributed by atoms with Crippen LogP contribution in [-0.2, 0) is 0 Å². The summed E-state index contributed by atoms with van der Waals surface area (Å²) in [5, 5.41) is 11.2. The number of nitrogens with one attached hydrogen (secondary N) is 1. The van der Waals surface area contributed by atoms with Gasteiger partial charge < -0.3 is 16.2 Å². The van der Waals surface area contributed by atoms with Crippen molar-refractivity contribution in [2.24, 2.45) is 0 Å². The standard InChI is InChI=1S/C9H13F2N3O/c10-6-5-7(11)9(14-8(6)12)13-3-1-2-4-15/h5,15H,1-4H2,(H3,12,13,14). The molecule has 0 aliphatic rings. The Hall–Kier alpha value is -1.43.